The number of rotatable bonds is 10. The predicted molar refractivity (Wildman–Crippen MR) is 156 cm³/mol. The first-order chi connectivity index (χ1) is 21.4. The van der Waals surface area contributed by atoms with Crippen LogP contribution >= 0.6 is 0 Å². The molecule has 44 heavy (non-hydrogen) atoms. The van der Waals surface area contributed by atoms with Gasteiger partial charge >= 0.3 is 23.9 Å². The third-order valence-electron chi connectivity index (χ3n) is 6.97. The first kappa shape index (κ1) is 30.1. The van der Waals surface area contributed by atoms with E-state index >= 15 is 0 Å². The standard InChI is InChI=1S/C34H29NO9/c36-31(23-13-5-1-6-14-23)41-22-28(43-33(38)25-17-9-3-10-18-25)29-30(44-34(39)26-19-11-4-12-20-26)27(21-35(29)40)42-32(37)24-15-7-2-8-16-24/h1-20,27-30,40H,21-22H2/t27-,28+,29+,30-/m1/s1. The summed E-state index contributed by atoms with van der Waals surface area (Å²) in [6, 6.07) is 31.3. The van der Waals surface area contributed by atoms with E-state index in [1.165, 1.54) is 12.1 Å². The summed E-state index contributed by atoms with van der Waals surface area (Å²) in [5.41, 5.74) is 0.926. The summed E-state index contributed by atoms with van der Waals surface area (Å²) in [6.45, 7) is -0.797. The Hall–Kier alpha value is -5.32. The number of carbonyl (C=O) groups is 4. The van der Waals surface area contributed by atoms with Crippen LogP contribution in [0.4, 0.5) is 0 Å². The number of hydroxylamine groups is 2. The molecule has 1 aliphatic rings. The van der Waals surface area contributed by atoms with E-state index in [-0.39, 0.29) is 28.8 Å². The van der Waals surface area contributed by atoms with E-state index in [4.69, 9.17) is 18.9 Å². The molecule has 1 aliphatic heterocycles. The Labute approximate surface area is 253 Å². The van der Waals surface area contributed by atoms with Crippen LogP contribution in [0.5, 0.6) is 0 Å². The number of hydrogen-bond acceptors (Lipinski definition) is 10. The zero-order valence-corrected chi connectivity index (χ0v) is 23.4. The van der Waals surface area contributed by atoms with E-state index in [0.29, 0.717) is 0 Å². The van der Waals surface area contributed by atoms with Crippen molar-refractivity contribution >= 4 is 23.9 Å². The summed E-state index contributed by atoms with van der Waals surface area (Å²) in [5, 5.41) is 11.9. The summed E-state index contributed by atoms with van der Waals surface area (Å²) < 4.78 is 22.8. The Balaban J connectivity index is 1.45. The van der Waals surface area contributed by atoms with Crippen molar-refractivity contribution in [1.29, 1.82) is 0 Å². The molecule has 4 atom stereocenters. The minimum absolute atomic E-state index is 0.208. The number of esters is 4. The van der Waals surface area contributed by atoms with Gasteiger partial charge in [-0.15, -0.1) is 0 Å². The van der Waals surface area contributed by atoms with Crippen molar-refractivity contribution in [2.45, 2.75) is 24.4 Å². The van der Waals surface area contributed by atoms with Crippen molar-refractivity contribution in [2.75, 3.05) is 13.2 Å². The van der Waals surface area contributed by atoms with Gasteiger partial charge in [-0.2, -0.15) is 5.06 Å². The summed E-state index contributed by atoms with van der Waals surface area (Å²) in [7, 11) is 0. The first-order valence-electron chi connectivity index (χ1n) is 13.9. The number of carbonyl (C=O) groups excluding carboxylic acids is 4. The van der Waals surface area contributed by atoms with E-state index in [0.717, 1.165) is 5.06 Å². The van der Waals surface area contributed by atoms with Crippen LogP contribution in [0.3, 0.4) is 0 Å². The summed E-state index contributed by atoms with van der Waals surface area (Å²) in [5.74, 6) is -2.93. The van der Waals surface area contributed by atoms with Crippen molar-refractivity contribution in [3.8, 4) is 0 Å². The lowest BCUT2D eigenvalue weighted by atomic mass is 10.0. The van der Waals surface area contributed by atoms with Crippen LogP contribution in [0.2, 0.25) is 0 Å². The monoisotopic (exact) mass is 595 g/mol. The maximum absolute atomic E-state index is 13.2. The molecule has 0 saturated carbocycles. The smallest absolute Gasteiger partial charge is 0.338 e. The molecule has 5 rings (SSSR count). The molecule has 0 unspecified atom stereocenters. The van der Waals surface area contributed by atoms with Crippen molar-refractivity contribution in [1.82, 2.24) is 5.06 Å². The maximum atomic E-state index is 13.2. The highest BCUT2D eigenvalue weighted by Crippen LogP contribution is 2.29. The average molecular weight is 596 g/mol. The third kappa shape index (κ3) is 7.35. The SMILES string of the molecule is O=C(OC[C@H](OC(=O)c1ccccc1)[C@H]1[C@H](OC(=O)c2ccccc2)[C@H](OC(=O)c2ccccc2)CN1O)c1ccccc1. The van der Waals surface area contributed by atoms with Gasteiger partial charge in [-0.25, -0.2) is 19.2 Å². The Morgan fingerprint density at radius 1 is 0.614 bits per heavy atom. The predicted octanol–water partition coefficient (Wildman–Crippen LogP) is 4.59. The van der Waals surface area contributed by atoms with Crippen molar-refractivity contribution in [3.05, 3.63) is 144 Å². The largest absolute Gasteiger partial charge is 0.458 e. The Morgan fingerprint density at radius 2 is 1.02 bits per heavy atom. The third-order valence-corrected chi connectivity index (χ3v) is 6.97. The normalized spacial score (nSPS) is 18.5. The van der Waals surface area contributed by atoms with Gasteiger partial charge in [0.05, 0.1) is 28.8 Å². The molecule has 1 N–H and O–H groups in total. The fourth-order valence-electron chi connectivity index (χ4n) is 4.80. The second kappa shape index (κ2) is 14.2. The molecule has 1 saturated heterocycles. The molecular formula is C34H29NO9. The number of hydrogen-bond donors (Lipinski definition) is 1. The van der Waals surface area contributed by atoms with Crippen molar-refractivity contribution < 1.29 is 43.3 Å². The molecular weight excluding hydrogens is 566 g/mol. The second-order valence-corrected chi connectivity index (χ2v) is 9.93. The highest BCUT2D eigenvalue weighted by molar-refractivity contribution is 5.91. The molecule has 4 aromatic carbocycles. The van der Waals surface area contributed by atoms with Crippen LogP contribution in [-0.4, -0.2) is 71.7 Å². The maximum Gasteiger partial charge on any atom is 0.338 e. The van der Waals surface area contributed by atoms with E-state index in [2.05, 4.69) is 0 Å². The summed E-state index contributed by atoms with van der Waals surface area (Å²) >= 11 is 0. The molecule has 0 aliphatic carbocycles. The quantitative estimate of drug-likeness (QED) is 0.205. The van der Waals surface area contributed by atoms with Crippen LogP contribution in [0.25, 0.3) is 0 Å². The van der Waals surface area contributed by atoms with Crippen molar-refractivity contribution in [2.24, 2.45) is 0 Å². The van der Waals surface area contributed by atoms with Crippen LogP contribution < -0.4 is 0 Å². The zero-order chi connectivity index (χ0) is 30.9. The van der Waals surface area contributed by atoms with E-state index in [1.807, 2.05) is 0 Å². The molecule has 1 fully saturated rings. The van der Waals surface area contributed by atoms with Gasteiger partial charge in [-0.05, 0) is 48.5 Å². The first-order valence-corrected chi connectivity index (χ1v) is 13.9. The number of benzene rings is 4. The second-order valence-electron chi connectivity index (χ2n) is 9.93. The fourth-order valence-corrected chi connectivity index (χ4v) is 4.80. The molecule has 10 nitrogen and oxygen atoms in total. The minimum atomic E-state index is -1.35. The van der Waals surface area contributed by atoms with Gasteiger partial charge < -0.3 is 24.2 Å². The Kier molecular flexibility index (Phi) is 9.75. The van der Waals surface area contributed by atoms with E-state index < -0.39 is 54.8 Å². The fraction of sp³-hybridized carbons (Fsp3) is 0.176. The Morgan fingerprint density at radius 3 is 1.50 bits per heavy atom. The van der Waals surface area contributed by atoms with Crippen LogP contribution in [-0.2, 0) is 18.9 Å². The van der Waals surface area contributed by atoms with Gasteiger partial charge in [0, 0.05) is 0 Å². The molecule has 0 amide bonds. The molecule has 224 valence electrons. The van der Waals surface area contributed by atoms with Gasteiger partial charge in [-0.1, -0.05) is 72.8 Å². The average Bonchev–Trinajstić information content (AvgIpc) is 3.37. The molecule has 0 bridgehead atoms. The molecule has 0 radical (unpaired) electrons. The summed E-state index contributed by atoms with van der Waals surface area (Å²) in [4.78, 5) is 52.2. The van der Waals surface area contributed by atoms with Gasteiger partial charge in [0.1, 0.15) is 12.6 Å². The topological polar surface area (TPSA) is 129 Å². The van der Waals surface area contributed by atoms with Crippen molar-refractivity contribution in [3.63, 3.8) is 0 Å². The molecule has 1 heterocycles. The zero-order valence-electron chi connectivity index (χ0n) is 23.4. The molecule has 4 aromatic rings. The number of nitrogens with zero attached hydrogens (tertiary/aromatic N) is 1. The molecule has 10 heteroatoms. The van der Waals surface area contributed by atoms with Gasteiger partial charge in [0.2, 0.25) is 0 Å². The van der Waals surface area contributed by atoms with Crippen LogP contribution in [0.1, 0.15) is 41.4 Å². The van der Waals surface area contributed by atoms with E-state index in [1.54, 1.807) is 109 Å². The van der Waals surface area contributed by atoms with Crippen LogP contribution in [0.15, 0.2) is 121 Å². The molecule has 0 spiro atoms. The molecule has 0 aromatic heterocycles. The van der Waals surface area contributed by atoms with Gasteiger partial charge in [-0.3, -0.25) is 0 Å². The number of ether oxygens (including phenoxy) is 4. The lowest BCUT2D eigenvalue weighted by Gasteiger charge is -2.31. The Bertz CT molecular complexity index is 1570. The van der Waals surface area contributed by atoms with Gasteiger partial charge in [0.15, 0.2) is 18.3 Å². The minimum Gasteiger partial charge on any atom is -0.458 e. The summed E-state index contributed by atoms with van der Waals surface area (Å²) in [6.07, 6.45) is -3.85. The highest BCUT2D eigenvalue weighted by Gasteiger charge is 2.52. The lowest BCUT2D eigenvalue weighted by molar-refractivity contribution is -0.156. The highest BCUT2D eigenvalue weighted by atomic mass is 16.6. The van der Waals surface area contributed by atoms with Crippen LogP contribution in [0, 0.1) is 0 Å². The van der Waals surface area contributed by atoms with E-state index in [9.17, 15) is 24.4 Å². The van der Waals surface area contributed by atoms with Gasteiger partial charge in [0.25, 0.3) is 0 Å². The lowest BCUT2D eigenvalue weighted by Crippen LogP contribution is -2.50.